The number of hydrogen-bond acceptors (Lipinski definition) is 2. The number of carbonyl (C=O) groups is 1. The SMILES string of the molecule is CC1CCC(N(CCCC(=O)O)C(C)C)C1. The van der Waals surface area contributed by atoms with Crippen LogP contribution in [0.4, 0.5) is 0 Å². The Labute approximate surface area is 98.8 Å². The first-order valence-electron chi connectivity index (χ1n) is 6.48. The van der Waals surface area contributed by atoms with E-state index in [1.54, 1.807) is 0 Å². The van der Waals surface area contributed by atoms with Crippen molar-refractivity contribution < 1.29 is 9.90 Å². The molecule has 1 fully saturated rings. The van der Waals surface area contributed by atoms with Crippen molar-refractivity contribution in [3.05, 3.63) is 0 Å². The van der Waals surface area contributed by atoms with E-state index < -0.39 is 5.97 Å². The summed E-state index contributed by atoms with van der Waals surface area (Å²) in [6.45, 7) is 7.67. The molecule has 1 saturated carbocycles. The highest BCUT2D eigenvalue weighted by molar-refractivity contribution is 5.66. The van der Waals surface area contributed by atoms with E-state index in [1.165, 1.54) is 19.3 Å². The zero-order valence-corrected chi connectivity index (χ0v) is 10.8. The van der Waals surface area contributed by atoms with Gasteiger partial charge in [-0.3, -0.25) is 9.69 Å². The van der Waals surface area contributed by atoms with Gasteiger partial charge >= 0.3 is 5.97 Å². The van der Waals surface area contributed by atoms with Gasteiger partial charge < -0.3 is 5.11 Å². The molecule has 3 nitrogen and oxygen atoms in total. The quantitative estimate of drug-likeness (QED) is 0.758. The summed E-state index contributed by atoms with van der Waals surface area (Å²) < 4.78 is 0. The first-order chi connectivity index (χ1) is 7.50. The van der Waals surface area contributed by atoms with Crippen LogP contribution in [0.25, 0.3) is 0 Å². The van der Waals surface area contributed by atoms with Crippen LogP contribution in [-0.2, 0) is 4.79 Å². The van der Waals surface area contributed by atoms with Gasteiger partial charge in [0.05, 0.1) is 0 Å². The van der Waals surface area contributed by atoms with Gasteiger partial charge in [0.2, 0.25) is 0 Å². The summed E-state index contributed by atoms with van der Waals surface area (Å²) in [6.07, 6.45) is 4.97. The number of hydrogen-bond donors (Lipinski definition) is 1. The van der Waals surface area contributed by atoms with E-state index in [9.17, 15) is 4.79 Å². The Morgan fingerprint density at radius 3 is 2.56 bits per heavy atom. The Morgan fingerprint density at radius 1 is 1.44 bits per heavy atom. The largest absolute Gasteiger partial charge is 0.481 e. The van der Waals surface area contributed by atoms with Crippen molar-refractivity contribution in [1.82, 2.24) is 4.90 Å². The standard InChI is InChI=1S/C13H25NO2/c1-10(2)14(8-4-5-13(15)16)12-7-6-11(3)9-12/h10-12H,4-9H2,1-3H3,(H,15,16). The molecule has 16 heavy (non-hydrogen) atoms. The Hall–Kier alpha value is -0.570. The fourth-order valence-electron chi connectivity index (χ4n) is 2.75. The average molecular weight is 227 g/mol. The molecule has 0 aromatic heterocycles. The second-order valence-corrected chi connectivity index (χ2v) is 5.40. The molecule has 0 radical (unpaired) electrons. The van der Waals surface area contributed by atoms with Crippen molar-refractivity contribution in [3.8, 4) is 0 Å². The van der Waals surface area contributed by atoms with Crippen LogP contribution in [0.5, 0.6) is 0 Å². The Balaban J connectivity index is 2.38. The highest BCUT2D eigenvalue weighted by Crippen LogP contribution is 2.30. The van der Waals surface area contributed by atoms with Crippen molar-refractivity contribution >= 4 is 5.97 Å². The van der Waals surface area contributed by atoms with E-state index in [4.69, 9.17) is 5.11 Å². The lowest BCUT2D eigenvalue weighted by Crippen LogP contribution is -2.39. The van der Waals surface area contributed by atoms with Gasteiger partial charge in [0.25, 0.3) is 0 Å². The van der Waals surface area contributed by atoms with Crippen molar-refractivity contribution in [1.29, 1.82) is 0 Å². The van der Waals surface area contributed by atoms with Gasteiger partial charge in [0, 0.05) is 18.5 Å². The second kappa shape index (κ2) is 6.24. The molecule has 0 spiro atoms. The zero-order chi connectivity index (χ0) is 12.1. The van der Waals surface area contributed by atoms with Gasteiger partial charge in [0.1, 0.15) is 0 Å². The summed E-state index contributed by atoms with van der Waals surface area (Å²) in [5, 5.41) is 8.65. The van der Waals surface area contributed by atoms with Gasteiger partial charge in [-0.15, -0.1) is 0 Å². The predicted octanol–water partition coefficient (Wildman–Crippen LogP) is 2.75. The van der Waals surface area contributed by atoms with Crippen molar-refractivity contribution in [2.75, 3.05) is 6.54 Å². The summed E-state index contributed by atoms with van der Waals surface area (Å²) in [5.41, 5.74) is 0. The van der Waals surface area contributed by atoms with Gasteiger partial charge in [-0.2, -0.15) is 0 Å². The van der Waals surface area contributed by atoms with E-state index in [1.807, 2.05) is 0 Å². The van der Waals surface area contributed by atoms with Crippen LogP contribution in [-0.4, -0.2) is 34.6 Å². The number of rotatable bonds is 6. The normalized spacial score (nSPS) is 25.6. The van der Waals surface area contributed by atoms with Crippen LogP contribution in [0.2, 0.25) is 0 Å². The third kappa shape index (κ3) is 4.12. The Bertz CT molecular complexity index is 228. The molecule has 0 saturated heterocycles. The Morgan fingerprint density at radius 2 is 2.12 bits per heavy atom. The third-order valence-electron chi connectivity index (χ3n) is 3.61. The van der Waals surface area contributed by atoms with E-state index in [0.717, 1.165) is 18.9 Å². The molecule has 1 aliphatic carbocycles. The zero-order valence-electron chi connectivity index (χ0n) is 10.8. The van der Waals surface area contributed by atoms with Gasteiger partial charge in [0.15, 0.2) is 0 Å². The molecular weight excluding hydrogens is 202 g/mol. The minimum atomic E-state index is -0.677. The topological polar surface area (TPSA) is 40.5 Å². The molecular formula is C13H25NO2. The maximum Gasteiger partial charge on any atom is 0.303 e. The first kappa shape index (κ1) is 13.5. The average Bonchev–Trinajstić information content (AvgIpc) is 2.58. The van der Waals surface area contributed by atoms with Crippen LogP contribution in [0.1, 0.15) is 52.9 Å². The maximum absolute atomic E-state index is 10.5. The molecule has 1 N–H and O–H groups in total. The Kier molecular flexibility index (Phi) is 5.26. The number of carboxylic acids is 1. The molecule has 0 bridgehead atoms. The van der Waals surface area contributed by atoms with Gasteiger partial charge in [-0.05, 0) is 52.0 Å². The van der Waals surface area contributed by atoms with Gasteiger partial charge in [-0.25, -0.2) is 0 Å². The number of aliphatic carboxylic acids is 1. The van der Waals surface area contributed by atoms with E-state index >= 15 is 0 Å². The van der Waals surface area contributed by atoms with E-state index in [2.05, 4.69) is 25.7 Å². The second-order valence-electron chi connectivity index (χ2n) is 5.40. The summed E-state index contributed by atoms with van der Waals surface area (Å²) in [6, 6.07) is 1.22. The summed E-state index contributed by atoms with van der Waals surface area (Å²) in [5.74, 6) is 0.161. The van der Waals surface area contributed by atoms with Crippen molar-refractivity contribution in [2.24, 2.45) is 5.92 Å². The molecule has 0 aliphatic heterocycles. The van der Waals surface area contributed by atoms with Crippen LogP contribution in [0.15, 0.2) is 0 Å². The highest BCUT2D eigenvalue weighted by Gasteiger charge is 2.27. The van der Waals surface area contributed by atoms with Crippen LogP contribution >= 0.6 is 0 Å². The van der Waals surface area contributed by atoms with Crippen LogP contribution in [0.3, 0.4) is 0 Å². The minimum absolute atomic E-state index is 0.297. The molecule has 2 atom stereocenters. The summed E-state index contributed by atoms with van der Waals surface area (Å²) >= 11 is 0. The van der Waals surface area contributed by atoms with Gasteiger partial charge in [-0.1, -0.05) is 6.92 Å². The first-order valence-corrected chi connectivity index (χ1v) is 6.48. The highest BCUT2D eigenvalue weighted by atomic mass is 16.4. The molecule has 0 aromatic carbocycles. The monoisotopic (exact) mass is 227 g/mol. The molecule has 2 unspecified atom stereocenters. The number of carboxylic acid groups (broad SMARTS) is 1. The van der Waals surface area contributed by atoms with Crippen LogP contribution < -0.4 is 0 Å². The summed E-state index contributed by atoms with van der Waals surface area (Å²) in [7, 11) is 0. The molecule has 3 heteroatoms. The van der Waals surface area contributed by atoms with Crippen molar-refractivity contribution in [3.63, 3.8) is 0 Å². The van der Waals surface area contributed by atoms with Crippen LogP contribution in [0, 0.1) is 5.92 Å². The fourth-order valence-corrected chi connectivity index (χ4v) is 2.75. The van der Waals surface area contributed by atoms with Crippen molar-refractivity contribution in [2.45, 2.75) is 65.0 Å². The molecule has 1 aliphatic rings. The van der Waals surface area contributed by atoms with E-state index in [0.29, 0.717) is 18.5 Å². The molecule has 1 rings (SSSR count). The molecule has 0 heterocycles. The fraction of sp³-hybridized carbons (Fsp3) is 0.923. The lowest BCUT2D eigenvalue weighted by atomic mass is 10.1. The minimum Gasteiger partial charge on any atom is -0.481 e. The summed E-state index contributed by atoms with van der Waals surface area (Å²) in [4.78, 5) is 13.0. The van der Waals surface area contributed by atoms with E-state index in [-0.39, 0.29) is 0 Å². The predicted molar refractivity (Wildman–Crippen MR) is 65.5 cm³/mol. The smallest absolute Gasteiger partial charge is 0.303 e. The molecule has 0 aromatic rings. The lowest BCUT2D eigenvalue weighted by molar-refractivity contribution is -0.137. The third-order valence-corrected chi connectivity index (χ3v) is 3.61. The molecule has 0 amide bonds. The lowest BCUT2D eigenvalue weighted by Gasteiger charge is -2.32. The number of nitrogens with zero attached hydrogens (tertiary/aromatic N) is 1. The molecule has 94 valence electrons. The maximum atomic E-state index is 10.5.